The first-order valence-corrected chi connectivity index (χ1v) is 5.28. The summed E-state index contributed by atoms with van der Waals surface area (Å²) in [5.41, 5.74) is 1.50. The molecular weight excluding hydrogens is 237 g/mol. The van der Waals surface area contributed by atoms with Crippen molar-refractivity contribution in [3.8, 4) is 0 Å². The summed E-state index contributed by atoms with van der Waals surface area (Å²) in [7, 11) is 0. The lowest BCUT2D eigenvalue weighted by atomic mass is 9.75. The van der Waals surface area contributed by atoms with Gasteiger partial charge in [-0.15, -0.1) is 0 Å². The van der Waals surface area contributed by atoms with Gasteiger partial charge in [0.1, 0.15) is 0 Å². The van der Waals surface area contributed by atoms with E-state index < -0.39 is 18.0 Å². The van der Waals surface area contributed by atoms with Crippen LogP contribution < -0.4 is 0 Å². The number of allylic oxidation sites excluding steroid dienone is 2. The van der Waals surface area contributed by atoms with Gasteiger partial charge in [0.15, 0.2) is 0 Å². The van der Waals surface area contributed by atoms with Crippen LogP contribution in [0.3, 0.4) is 0 Å². The van der Waals surface area contributed by atoms with Crippen molar-refractivity contribution < 1.29 is 13.2 Å². The fourth-order valence-electron chi connectivity index (χ4n) is 1.96. The van der Waals surface area contributed by atoms with E-state index in [-0.39, 0.29) is 0 Å². The Kier molecular flexibility index (Phi) is 2.74. The van der Waals surface area contributed by atoms with Gasteiger partial charge in [-0.25, -0.2) is 0 Å². The SMILES string of the molecule is Cc1cc(Cl)ccc1C1C=CC1C(F)(F)F. The van der Waals surface area contributed by atoms with Crippen LogP contribution in [0.25, 0.3) is 0 Å². The van der Waals surface area contributed by atoms with Crippen LogP contribution in [0.15, 0.2) is 30.4 Å². The first-order valence-electron chi connectivity index (χ1n) is 4.90. The molecule has 2 rings (SSSR count). The van der Waals surface area contributed by atoms with Crippen molar-refractivity contribution in [2.24, 2.45) is 5.92 Å². The molecule has 0 aromatic heterocycles. The minimum atomic E-state index is -4.16. The predicted molar refractivity (Wildman–Crippen MR) is 57.6 cm³/mol. The van der Waals surface area contributed by atoms with E-state index >= 15 is 0 Å². The summed E-state index contributed by atoms with van der Waals surface area (Å²) in [6.45, 7) is 1.78. The van der Waals surface area contributed by atoms with E-state index in [0.717, 1.165) is 5.56 Å². The topological polar surface area (TPSA) is 0 Å². The van der Waals surface area contributed by atoms with Crippen LogP contribution in [0, 0.1) is 12.8 Å². The van der Waals surface area contributed by atoms with E-state index in [2.05, 4.69) is 0 Å². The highest BCUT2D eigenvalue weighted by atomic mass is 35.5. The number of alkyl halides is 3. The molecule has 0 amide bonds. The maximum atomic E-state index is 12.6. The molecule has 1 aromatic rings. The predicted octanol–water partition coefficient (Wildman–Crippen LogP) is 4.48. The van der Waals surface area contributed by atoms with Gasteiger partial charge in [-0.05, 0) is 30.2 Å². The Bertz CT molecular complexity index is 434. The van der Waals surface area contributed by atoms with Gasteiger partial charge in [0.05, 0.1) is 5.92 Å². The Morgan fingerprint density at radius 3 is 2.31 bits per heavy atom. The molecule has 0 spiro atoms. The molecular formula is C12H10ClF3. The number of hydrogen-bond acceptors (Lipinski definition) is 0. The minimum absolute atomic E-state index is 0.549. The highest BCUT2D eigenvalue weighted by Gasteiger charge is 2.46. The summed E-state index contributed by atoms with van der Waals surface area (Å²) in [5.74, 6) is -1.91. The Hall–Kier alpha value is -0.960. The second-order valence-electron chi connectivity index (χ2n) is 3.98. The first kappa shape index (κ1) is 11.5. The van der Waals surface area contributed by atoms with Crippen LogP contribution in [-0.4, -0.2) is 6.18 Å². The van der Waals surface area contributed by atoms with Crippen molar-refractivity contribution in [2.75, 3.05) is 0 Å². The number of benzene rings is 1. The van der Waals surface area contributed by atoms with E-state index in [1.54, 1.807) is 31.2 Å². The Balaban J connectivity index is 2.30. The molecule has 2 atom stereocenters. The van der Waals surface area contributed by atoms with Crippen molar-refractivity contribution >= 4 is 11.6 Å². The largest absolute Gasteiger partial charge is 0.396 e. The third kappa shape index (κ3) is 1.96. The van der Waals surface area contributed by atoms with Crippen LogP contribution >= 0.6 is 11.6 Å². The van der Waals surface area contributed by atoms with E-state index in [4.69, 9.17) is 11.6 Å². The van der Waals surface area contributed by atoms with E-state index in [9.17, 15) is 13.2 Å². The molecule has 0 bridgehead atoms. The molecule has 0 nitrogen and oxygen atoms in total. The summed E-state index contributed by atoms with van der Waals surface area (Å²) in [4.78, 5) is 0. The lowest BCUT2D eigenvalue weighted by Crippen LogP contribution is -2.32. The minimum Gasteiger partial charge on any atom is -0.170 e. The van der Waals surface area contributed by atoms with Crippen molar-refractivity contribution in [1.29, 1.82) is 0 Å². The molecule has 2 unspecified atom stereocenters. The number of halogens is 4. The van der Waals surface area contributed by atoms with Crippen LogP contribution in [0.1, 0.15) is 17.0 Å². The van der Waals surface area contributed by atoms with Gasteiger partial charge in [0, 0.05) is 10.9 Å². The molecule has 0 saturated carbocycles. The number of hydrogen-bond donors (Lipinski definition) is 0. The molecule has 0 heterocycles. The molecule has 1 aliphatic rings. The normalized spacial score (nSPS) is 24.3. The lowest BCUT2D eigenvalue weighted by molar-refractivity contribution is -0.168. The molecule has 4 heteroatoms. The standard InChI is InChI=1S/C12H10ClF3/c1-7-6-8(13)2-3-9(7)10-4-5-11(10)12(14,15)16/h2-6,10-11H,1H3. The van der Waals surface area contributed by atoms with Crippen molar-refractivity contribution in [1.82, 2.24) is 0 Å². The van der Waals surface area contributed by atoms with E-state index in [1.165, 1.54) is 6.08 Å². The lowest BCUT2D eigenvalue weighted by Gasteiger charge is -2.32. The Morgan fingerprint density at radius 1 is 1.19 bits per heavy atom. The second kappa shape index (κ2) is 3.81. The number of aryl methyl sites for hydroxylation is 1. The summed E-state index contributed by atoms with van der Waals surface area (Å²) in [5, 5.41) is 0.549. The smallest absolute Gasteiger partial charge is 0.170 e. The zero-order valence-electron chi connectivity index (χ0n) is 8.55. The van der Waals surface area contributed by atoms with Gasteiger partial charge in [0.25, 0.3) is 0 Å². The van der Waals surface area contributed by atoms with Gasteiger partial charge in [-0.1, -0.05) is 29.8 Å². The van der Waals surface area contributed by atoms with Crippen LogP contribution in [0.5, 0.6) is 0 Å². The van der Waals surface area contributed by atoms with Gasteiger partial charge in [-0.3, -0.25) is 0 Å². The molecule has 1 aromatic carbocycles. The molecule has 0 saturated heterocycles. The van der Waals surface area contributed by atoms with Gasteiger partial charge >= 0.3 is 6.18 Å². The summed E-state index contributed by atoms with van der Waals surface area (Å²) in [6, 6.07) is 4.99. The zero-order valence-corrected chi connectivity index (χ0v) is 9.31. The fourth-order valence-corrected chi connectivity index (χ4v) is 2.18. The summed E-state index contributed by atoms with van der Waals surface area (Å²) in [6.07, 6.45) is -1.36. The quantitative estimate of drug-likeness (QED) is 0.641. The first-order chi connectivity index (χ1) is 7.39. The van der Waals surface area contributed by atoms with Crippen molar-refractivity contribution in [3.05, 3.63) is 46.5 Å². The molecule has 86 valence electrons. The molecule has 0 fully saturated rings. The molecule has 0 radical (unpaired) electrons. The van der Waals surface area contributed by atoms with E-state index in [1.807, 2.05) is 0 Å². The van der Waals surface area contributed by atoms with Gasteiger partial charge in [0.2, 0.25) is 0 Å². The van der Waals surface area contributed by atoms with Crippen molar-refractivity contribution in [2.45, 2.75) is 19.0 Å². The zero-order chi connectivity index (χ0) is 11.9. The average molecular weight is 247 g/mol. The maximum absolute atomic E-state index is 12.6. The van der Waals surface area contributed by atoms with Crippen molar-refractivity contribution in [3.63, 3.8) is 0 Å². The molecule has 0 aliphatic heterocycles. The monoisotopic (exact) mass is 246 g/mol. The van der Waals surface area contributed by atoms with E-state index in [0.29, 0.717) is 10.6 Å². The Labute approximate surface area is 96.7 Å². The second-order valence-corrected chi connectivity index (χ2v) is 4.42. The average Bonchev–Trinajstić information content (AvgIpc) is 2.04. The highest BCUT2D eigenvalue weighted by Crippen LogP contribution is 2.46. The van der Waals surface area contributed by atoms with Gasteiger partial charge in [-0.2, -0.15) is 13.2 Å². The highest BCUT2D eigenvalue weighted by molar-refractivity contribution is 6.30. The number of rotatable bonds is 1. The maximum Gasteiger partial charge on any atom is 0.396 e. The fraction of sp³-hybridized carbons (Fsp3) is 0.333. The van der Waals surface area contributed by atoms with Crippen LogP contribution in [0.4, 0.5) is 13.2 Å². The van der Waals surface area contributed by atoms with Gasteiger partial charge < -0.3 is 0 Å². The molecule has 1 aliphatic carbocycles. The third-order valence-corrected chi connectivity index (χ3v) is 3.12. The molecule has 0 N–H and O–H groups in total. The Morgan fingerprint density at radius 2 is 1.88 bits per heavy atom. The van der Waals surface area contributed by atoms with Crippen LogP contribution in [0.2, 0.25) is 5.02 Å². The van der Waals surface area contributed by atoms with Crippen LogP contribution in [-0.2, 0) is 0 Å². The summed E-state index contributed by atoms with van der Waals surface area (Å²) < 4.78 is 37.7. The third-order valence-electron chi connectivity index (χ3n) is 2.88. The summed E-state index contributed by atoms with van der Waals surface area (Å²) >= 11 is 5.77. The molecule has 16 heavy (non-hydrogen) atoms.